The van der Waals surface area contributed by atoms with Gasteiger partial charge in [0.05, 0.1) is 26.2 Å². The van der Waals surface area contributed by atoms with Gasteiger partial charge in [-0.05, 0) is 73.4 Å². The van der Waals surface area contributed by atoms with E-state index in [0.717, 1.165) is 40.8 Å². The largest absolute Gasteiger partial charge is 0.493 e. The number of rotatable bonds is 17. The van der Waals surface area contributed by atoms with E-state index in [-0.39, 0.29) is 18.4 Å². The van der Waals surface area contributed by atoms with Crippen LogP contribution in [0.2, 0.25) is 0 Å². The van der Waals surface area contributed by atoms with Crippen molar-refractivity contribution in [2.24, 2.45) is 0 Å². The Kier molecular flexibility index (Phi) is 13.1. The van der Waals surface area contributed by atoms with E-state index in [9.17, 15) is 18.8 Å². The van der Waals surface area contributed by atoms with Gasteiger partial charge in [0, 0.05) is 37.5 Å². The average Bonchev–Trinajstić information content (AvgIpc) is 3.49. The maximum absolute atomic E-state index is 13.9. The van der Waals surface area contributed by atoms with Crippen LogP contribution in [0.3, 0.4) is 0 Å². The first kappa shape index (κ1) is 35.4. The Morgan fingerprint density at radius 2 is 1.94 bits per heavy atom. The van der Waals surface area contributed by atoms with Crippen LogP contribution in [-0.2, 0) is 20.7 Å². The standard InChI is InChI=1S/C38H46FN3O5/c1-5-7-8-22-47-34-15-9-12-27(3)37(34)30-14-10-13-29(23-30)32(24-36(44)46-4)40-38(45)33(11-6-2)42-25-28(16-17-35(42)43)18-20-41-21-19-31(39)26-41/h5-6,9-10,12-17,23,25,31-33H,1-2,7-8,11,18-22,24,26H2,3-4H3,(H,40,45)/t31-,32+,33+/m1/s1. The van der Waals surface area contributed by atoms with Crippen LogP contribution in [0.4, 0.5) is 4.39 Å². The van der Waals surface area contributed by atoms with Gasteiger partial charge in [0.25, 0.3) is 5.56 Å². The summed E-state index contributed by atoms with van der Waals surface area (Å²) in [6.45, 7) is 11.9. The van der Waals surface area contributed by atoms with Gasteiger partial charge >= 0.3 is 5.97 Å². The molecule has 3 atom stereocenters. The van der Waals surface area contributed by atoms with E-state index < -0.39 is 30.1 Å². The summed E-state index contributed by atoms with van der Waals surface area (Å²) in [5, 5.41) is 3.03. The lowest BCUT2D eigenvalue weighted by atomic mass is 9.94. The monoisotopic (exact) mass is 643 g/mol. The first-order valence-electron chi connectivity index (χ1n) is 16.2. The van der Waals surface area contributed by atoms with E-state index in [1.165, 1.54) is 17.7 Å². The third-order valence-corrected chi connectivity index (χ3v) is 8.50. The molecule has 47 heavy (non-hydrogen) atoms. The molecular weight excluding hydrogens is 597 g/mol. The number of carbonyl (C=O) groups excluding carboxylic acids is 2. The number of benzene rings is 2. The molecular formula is C38H46FN3O5. The zero-order valence-corrected chi connectivity index (χ0v) is 27.5. The molecule has 0 spiro atoms. The minimum atomic E-state index is -0.891. The number of allylic oxidation sites excluding steroid dienone is 2. The molecule has 0 aliphatic carbocycles. The molecule has 0 saturated carbocycles. The number of carbonyl (C=O) groups is 2. The van der Waals surface area contributed by atoms with Crippen molar-refractivity contribution in [3.63, 3.8) is 0 Å². The summed E-state index contributed by atoms with van der Waals surface area (Å²) in [6, 6.07) is 15.1. The molecule has 3 aromatic rings. The van der Waals surface area contributed by atoms with Crippen molar-refractivity contribution in [3.05, 3.63) is 113 Å². The zero-order valence-electron chi connectivity index (χ0n) is 27.5. The highest BCUT2D eigenvalue weighted by Gasteiger charge is 2.27. The molecule has 1 fully saturated rings. The van der Waals surface area contributed by atoms with Gasteiger partial charge in [-0.2, -0.15) is 0 Å². The Morgan fingerprint density at radius 3 is 2.66 bits per heavy atom. The van der Waals surface area contributed by atoms with Crippen LogP contribution in [0.5, 0.6) is 5.75 Å². The fraction of sp³-hybridized carbons (Fsp3) is 0.395. The van der Waals surface area contributed by atoms with Crippen molar-refractivity contribution in [3.8, 4) is 16.9 Å². The van der Waals surface area contributed by atoms with Crippen molar-refractivity contribution in [2.75, 3.05) is 33.4 Å². The number of nitrogens with one attached hydrogen (secondary N) is 1. The molecule has 1 aromatic heterocycles. The minimum Gasteiger partial charge on any atom is -0.493 e. The molecule has 2 aromatic carbocycles. The topological polar surface area (TPSA) is 89.9 Å². The van der Waals surface area contributed by atoms with Gasteiger partial charge in [-0.15, -0.1) is 13.2 Å². The van der Waals surface area contributed by atoms with Crippen molar-refractivity contribution >= 4 is 11.9 Å². The van der Waals surface area contributed by atoms with E-state index >= 15 is 0 Å². The Bertz CT molecular complexity index is 1600. The molecule has 0 bridgehead atoms. The Labute approximate surface area is 276 Å². The molecule has 4 rings (SSSR count). The number of ether oxygens (including phenoxy) is 2. The SMILES string of the molecule is C=CCCCOc1cccc(C)c1-c1cccc([C@H](CC(=O)OC)NC(=O)[C@H](CC=C)n2cc(CCN3CC[C@@H](F)C3)ccc2=O)c1. The average molecular weight is 644 g/mol. The van der Waals surface area contributed by atoms with Crippen molar-refractivity contribution in [1.82, 2.24) is 14.8 Å². The smallest absolute Gasteiger partial charge is 0.307 e. The van der Waals surface area contributed by atoms with Gasteiger partial charge in [0.15, 0.2) is 0 Å². The number of methoxy groups -OCH3 is 1. The van der Waals surface area contributed by atoms with Crippen LogP contribution in [-0.4, -0.2) is 60.9 Å². The molecule has 250 valence electrons. The lowest BCUT2D eigenvalue weighted by molar-refractivity contribution is -0.141. The Balaban J connectivity index is 1.60. The Morgan fingerprint density at radius 1 is 1.13 bits per heavy atom. The lowest BCUT2D eigenvalue weighted by Gasteiger charge is -2.24. The van der Waals surface area contributed by atoms with Gasteiger partial charge in [-0.1, -0.05) is 48.6 Å². The molecule has 8 nitrogen and oxygen atoms in total. The maximum atomic E-state index is 13.9. The number of esters is 1. The summed E-state index contributed by atoms with van der Waals surface area (Å²) in [5.74, 6) is -0.163. The molecule has 1 amide bonds. The van der Waals surface area contributed by atoms with Gasteiger partial charge < -0.3 is 24.3 Å². The highest BCUT2D eigenvalue weighted by molar-refractivity contribution is 5.82. The van der Waals surface area contributed by atoms with Crippen LogP contribution in [0.25, 0.3) is 11.1 Å². The summed E-state index contributed by atoms with van der Waals surface area (Å²) in [4.78, 5) is 41.6. The number of nitrogens with zero attached hydrogens (tertiary/aromatic N) is 2. The molecule has 0 radical (unpaired) electrons. The minimum absolute atomic E-state index is 0.106. The number of aryl methyl sites for hydroxylation is 1. The summed E-state index contributed by atoms with van der Waals surface area (Å²) in [6.07, 6.45) is 7.31. The second-order valence-electron chi connectivity index (χ2n) is 12.0. The normalized spacial score (nSPS) is 15.9. The molecule has 1 N–H and O–H groups in total. The van der Waals surface area contributed by atoms with Crippen LogP contribution in [0, 0.1) is 6.92 Å². The second-order valence-corrected chi connectivity index (χ2v) is 12.0. The van der Waals surface area contributed by atoms with Crippen LogP contribution < -0.4 is 15.6 Å². The fourth-order valence-corrected chi connectivity index (χ4v) is 5.94. The summed E-state index contributed by atoms with van der Waals surface area (Å²) in [7, 11) is 1.31. The molecule has 9 heteroatoms. The molecule has 1 aliphatic heterocycles. The number of halogens is 1. The van der Waals surface area contributed by atoms with E-state index in [1.54, 1.807) is 18.3 Å². The summed E-state index contributed by atoms with van der Waals surface area (Å²) in [5.41, 5.74) is 4.08. The van der Waals surface area contributed by atoms with Crippen molar-refractivity contribution < 1.29 is 23.5 Å². The maximum Gasteiger partial charge on any atom is 0.307 e. The number of hydrogen-bond donors (Lipinski definition) is 1. The van der Waals surface area contributed by atoms with Gasteiger partial charge in [-0.3, -0.25) is 14.4 Å². The van der Waals surface area contributed by atoms with Gasteiger partial charge in [0.2, 0.25) is 5.91 Å². The number of pyridine rings is 1. The fourth-order valence-electron chi connectivity index (χ4n) is 5.94. The highest BCUT2D eigenvalue weighted by Crippen LogP contribution is 2.35. The van der Waals surface area contributed by atoms with Crippen LogP contribution in [0.1, 0.15) is 60.9 Å². The van der Waals surface area contributed by atoms with Crippen LogP contribution >= 0.6 is 0 Å². The van der Waals surface area contributed by atoms with Crippen molar-refractivity contribution in [2.45, 2.75) is 63.7 Å². The summed E-state index contributed by atoms with van der Waals surface area (Å²) < 4.78 is 26.2. The van der Waals surface area contributed by atoms with E-state index in [0.29, 0.717) is 44.6 Å². The number of aromatic nitrogens is 1. The van der Waals surface area contributed by atoms with E-state index in [4.69, 9.17) is 9.47 Å². The molecule has 1 aliphatic rings. The number of hydrogen-bond acceptors (Lipinski definition) is 6. The molecule has 2 heterocycles. The number of amides is 1. The highest BCUT2D eigenvalue weighted by atomic mass is 19.1. The number of alkyl halides is 1. The molecule has 0 unspecified atom stereocenters. The zero-order chi connectivity index (χ0) is 33.8. The third-order valence-electron chi connectivity index (χ3n) is 8.50. The Hall–Kier alpha value is -4.50. The third kappa shape index (κ3) is 9.75. The second kappa shape index (κ2) is 17.4. The number of likely N-dealkylation sites (tertiary alicyclic amines) is 1. The van der Waals surface area contributed by atoms with Gasteiger partial charge in [0.1, 0.15) is 18.0 Å². The van der Waals surface area contributed by atoms with E-state index in [2.05, 4.69) is 23.4 Å². The predicted molar refractivity (Wildman–Crippen MR) is 183 cm³/mol. The van der Waals surface area contributed by atoms with Crippen molar-refractivity contribution in [1.29, 1.82) is 0 Å². The lowest BCUT2D eigenvalue weighted by Crippen LogP contribution is -2.39. The van der Waals surface area contributed by atoms with Crippen LogP contribution in [0.15, 0.2) is 90.9 Å². The van der Waals surface area contributed by atoms with Gasteiger partial charge in [-0.25, -0.2) is 4.39 Å². The first-order valence-corrected chi connectivity index (χ1v) is 16.2. The predicted octanol–water partition coefficient (Wildman–Crippen LogP) is 6.29. The quantitative estimate of drug-likeness (QED) is 0.106. The first-order chi connectivity index (χ1) is 22.7. The van der Waals surface area contributed by atoms with E-state index in [1.807, 2.05) is 55.5 Å². The molecule has 1 saturated heterocycles. The number of unbranched alkanes of at least 4 members (excludes halogenated alkanes) is 1. The summed E-state index contributed by atoms with van der Waals surface area (Å²) >= 11 is 0.